The van der Waals surface area contributed by atoms with Crippen molar-refractivity contribution in [3.8, 4) is 0 Å². The van der Waals surface area contributed by atoms with Gasteiger partial charge in [-0.05, 0) is 33.0 Å². The number of rotatable bonds is 3. The molecule has 0 amide bonds. The minimum atomic E-state index is -0.101. The molecule has 5 nitrogen and oxygen atoms in total. The minimum absolute atomic E-state index is 0.101. The van der Waals surface area contributed by atoms with Crippen LogP contribution in [0.1, 0.15) is 26.3 Å². The quantitative estimate of drug-likeness (QED) is 0.657. The maximum atomic E-state index is 12.1. The lowest BCUT2D eigenvalue weighted by atomic mass is 10.2. The summed E-state index contributed by atoms with van der Waals surface area (Å²) in [4.78, 5) is 17.0. The maximum absolute atomic E-state index is 12.1. The Balaban J connectivity index is 2.51. The van der Waals surface area contributed by atoms with Crippen molar-refractivity contribution >= 4 is 18.0 Å². The number of nitrogens with one attached hydrogen (secondary N) is 2. The van der Waals surface area contributed by atoms with Gasteiger partial charge < -0.3 is 9.88 Å². The van der Waals surface area contributed by atoms with Crippen LogP contribution < -0.4 is 10.9 Å². The largest absolute Gasteiger partial charge is 0.358 e. The summed E-state index contributed by atoms with van der Waals surface area (Å²) >= 11 is 5.24. The summed E-state index contributed by atoms with van der Waals surface area (Å²) in [6.45, 7) is 12.1. The van der Waals surface area contributed by atoms with Crippen molar-refractivity contribution in [1.82, 2.24) is 14.5 Å². The third kappa shape index (κ3) is 2.79. The molecular formula is C13H20N4OS. The standard InChI is InChI=1S/C13H20N4OS/c1-8(2)5-17-11-10(12(18)15-13(17)19)6-16(7-14-11)9(3)4/h9,14H,1,5-7H2,2-4H3,(H,15,18,19). The molecule has 0 spiro atoms. The van der Waals surface area contributed by atoms with Gasteiger partial charge in [-0.15, -0.1) is 0 Å². The SMILES string of the molecule is C=C(C)Cn1c2c(c(=O)[nH]c1=S)CN(C(C)C)CN2. The van der Waals surface area contributed by atoms with E-state index in [2.05, 4.69) is 35.6 Å². The highest BCUT2D eigenvalue weighted by atomic mass is 32.1. The van der Waals surface area contributed by atoms with Crippen LogP contribution in [-0.2, 0) is 13.1 Å². The summed E-state index contributed by atoms with van der Waals surface area (Å²) < 4.78 is 2.35. The van der Waals surface area contributed by atoms with Crippen LogP contribution in [-0.4, -0.2) is 27.2 Å². The molecule has 1 aromatic rings. The van der Waals surface area contributed by atoms with Gasteiger partial charge in [0.1, 0.15) is 5.82 Å². The van der Waals surface area contributed by atoms with Gasteiger partial charge in [0.25, 0.3) is 5.56 Å². The van der Waals surface area contributed by atoms with E-state index in [1.54, 1.807) is 0 Å². The van der Waals surface area contributed by atoms with Gasteiger partial charge in [-0.25, -0.2) is 0 Å². The van der Waals surface area contributed by atoms with E-state index in [0.29, 0.717) is 23.9 Å². The molecule has 6 heteroatoms. The van der Waals surface area contributed by atoms with Crippen LogP contribution in [0.2, 0.25) is 0 Å². The van der Waals surface area contributed by atoms with Gasteiger partial charge in [-0.1, -0.05) is 12.2 Å². The van der Waals surface area contributed by atoms with E-state index in [0.717, 1.165) is 23.6 Å². The summed E-state index contributed by atoms with van der Waals surface area (Å²) in [5.74, 6) is 0.827. The van der Waals surface area contributed by atoms with E-state index < -0.39 is 0 Å². The van der Waals surface area contributed by atoms with Crippen molar-refractivity contribution in [1.29, 1.82) is 0 Å². The van der Waals surface area contributed by atoms with Crippen molar-refractivity contribution in [2.75, 3.05) is 12.0 Å². The molecule has 0 saturated heterocycles. The molecule has 104 valence electrons. The summed E-state index contributed by atoms with van der Waals surface area (Å²) in [6, 6.07) is 0.387. The van der Waals surface area contributed by atoms with E-state index >= 15 is 0 Å². The predicted molar refractivity (Wildman–Crippen MR) is 79.9 cm³/mol. The topological polar surface area (TPSA) is 53.1 Å². The Morgan fingerprint density at radius 3 is 2.79 bits per heavy atom. The number of H-pyrrole nitrogens is 1. The lowest BCUT2D eigenvalue weighted by molar-refractivity contribution is 0.218. The summed E-state index contributed by atoms with van der Waals surface area (Å²) in [5.41, 5.74) is 1.64. The van der Waals surface area contributed by atoms with Crippen LogP contribution in [0.5, 0.6) is 0 Å². The van der Waals surface area contributed by atoms with Crippen LogP contribution >= 0.6 is 12.2 Å². The molecule has 2 N–H and O–H groups in total. The minimum Gasteiger partial charge on any atom is -0.358 e. The zero-order valence-corrected chi connectivity index (χ0v) is 12.4. The molecular weight excluding hydrogens is 260 g/mol. The van der Waals surface area contributed by atoms with Crippen molar-refractivity contribution in [3.05, 3.63) is 32.8 Å². The third-order valence-corrected chi connectivity index (χ3v) is 3.59. The molecule has 2 rings (SSSR count). The number of hydrogen-bond donors (Lipinski definition) is 2. The van der Waals surface area contributed by atoms with Crippen LogP contribution in [0.3, 0.4) is 0 Å². The number of hydrogen-bond acceptors (Lipinski definition) is 4. The van der Waals surface area contributed by atoms with Crippen molar-refractivity contribution in [2.24, 2.45) is 0 Å². The van der Waals surface area contributed by atoms with E-state index in [4.69, 9.17) is 12.2 Å². The number of nitrogens with zero attached hydrogens (tertiary/aromatic N) is 2. The molecule has 0 atom stereocenters. The molecule has 1 aliphatic heterocycles. The van der Waals surface area contributed by atoms with Crippen LogP contribution in [0.25, 0.3) is 0 Å². The average molecular weight is 280 g/mol. The molecule has 2 heterocycles. The molecule has 0 bridgehead atoms. The Labute approximate surface area is 117 Å². The normalized spacial score (nSPS) is 15.2. The molecule has 0 saturated carbocycles. The van der Waals surface area contributed by atoms with Crippen molar-refractivity contribution in [3.63, 3.8) is 0 Å². The molecule has 0 aliphatic carbocycles. The Morgan fingerprint density at radius 2 is 2.21 bits per heavy atom. The number of fused-ring (bicyclic) bond motifs is 1. The molecule has 0 fully saturated rings. The molecule has 1 aliphatic rings. The molecule has 0 unspecified atom stereocenters. The van der Waals surface area contributed by atoms with Gasteiger partial charge in [0, 0.05) is 19.1 Å². The van der Waals surface area contributed by atoms with E-state index in [-0.39, 0.29) is 5.56 Å². The van der Waals surface area contributed by atoms with E-state index in [1.807, 2.05) is 11.5 Å². The van der Waals surface area contributed by atoms with E-state index in [9.17, 15) is 4.79 Å². The second-order valence-corrected chi connectivity index (χ2v) is 5.69. The zero-order chi connectivity index (χ0) is 14.2. The van der Waals surface area contributed by atoms with Gasteiger partial charge in [0.2, 0.25) is 0 Å². The second kappa shape index (κ2) is 5.30. The number of allylic oxidation sites excluding steroid dienone is 1. The summed E-state index contributed by atoms with van der Waals surface area (Å²) in [5, 5.41) is 3.31. The van der Waals surface area contributed by atoms with Gasteiger partial charge in [-0.2, -0.15) is 0 Å². The fourth-order valence-corrected chi connectivity index (χ4v) is 2.43. The zero-order valence-electron chi connectivity index (χ0n) is 11.6. The first-order valence-electron chi connectivity index (χ1n) is 6.38. The lowest BCUT2D eigenvalue weighted by Gasteiger charge is -2.33. The summed E-state index contributed by atoms with van der Waals surface area (Å²) in [7, 11) is 0. The second-order valence-electron chi connectivity index (χ2n) is 5.31. The smallest absolute Gasteiger partial charge is 0.258 e. The Bertz CT molecular complexity index is 614. The molecule has 0 aromatic carbocycles. The number of aromatic nitrogens is 2. The molecule has 0 radical (unpaired) electrons. The van der Waals surface area contributed by atoms with Gasteiger partial charge in [0.05, 0.1) is 12.2 Å². The first-order valence-corrected chi connectivity index (χ1v) is 6.79. The molecule has 19 heavy (non-hydrogen) atoms. The fraction of sp³-hybridized carbons (Fsp3) is 0.538. The maximum Gasteiger partial charge on any atom is 0.258 e. The Hall–Kier alpha value is -1.40. The fourth-order valence-electron chi connectivity index (χ4n) is 2.18. The first kappa shape index (κ1) is 14.0. The predicted octanol–water partition coefficient (Wildman–Crippen LogP) is 2.08. The monoisotopic (exact) mass is 280 g/mol. The number of anilines is 1. The highest BCUT2D eigenvalue weighted by molar-refractivity contribution is 7.71. The first-order chi connectivity index (χ1) is 8.90. The Morgan fingerprint density at radius 1 is 1.53 bits per heavy atom. The third-order valence-electron chi connectivity index (χ3n) is 3.26. The van der Waals surface area contributed by atoms with Crippen LogP contribution in [0, 0.1) is 4.77 Å². The van der Waals surface area contributed by atoms with Crippen molar-refractivity contribution in [2.45, 2.75) is 39.9 Å². The average Bonchev–Trinajstić information content (AvgIpc) is 2.33. The highest BCUT2D eigenvalue weighted by Crippen LogP contribution is 2.21. The number of aromatic amines is 1. The van der Waals surface area contributed by atoms with Crippen LogP contribution in [0.4, 0.5) is 5.82 Å². The van der Waals surface area contributed by atoms with Gasteiger partial charge in [-0.3, -0.25) is 14.7 Å². The van der Waals surface area contributed by atoms with Gasteiger partial charge >= 0.3 is 0 Å². The summed E-state index contributed by atoms with van der Waals surface area (Å²) in [6.07, 6.45) is 0. The van der Waals surface area contributed by atoms with E-state index in [1.165, 1.54) is 0 Å². The van der Waals surface area contributed by atoms with Crippen molar-refractivity contribution < 1.29 is 0 Å². The highest BCUT2D eigenvalue weighted by Gasteiger charge is 2.23. The molecule has 1 aromatic heterocycles. The Kier molecular flexibility index (Phi) is 3.91. The lowest BCUT2D eigenvalue weighted by Crippen LogP contribution is -2.42. The van der Waals surface area contributed by atoms with Gasteiger partial charge in [0.15, 0.2) is 4.77 Å². The van der Waals surface area contributed by atoms with Crippen LogP contribution in [0.15, 0.2) is 16.9 Å².